The fraction of sp³-hybridized carbons (Fsp3) is 0.304. The number of benzene rings is 2. The van der Waals surface area contributed by atoms with Crippen LogP contribution in [-0.2, 0) is 6.54 Å². The minimum atomic E-state index is -0.136. The SMILES string of the molecule is Cc1ccc(NC(=S)N(CCO)Cc2cc3c(C)ccc(C)c3[nH]c2=O)c(C)c1. The third-order valence-electron chi connectivity index (χ3n) is 5.16. The topological polar surface area (TPSA) is 68.4 Å². The van der Waals surface area contributed by atoms with E-state index in [0.717, 1.165) is 33.3 Å². The van der Waals surface area contributed by atoms with Gasteiger partial charge in [0.2, 0.25) is 0 Å². The van der Waals surface area contributed by atoms with Gasteiger partial charge >= 0.3 is 0 Å². The van der Waals surface area contributed by atoms with E-state index in [1.54, 1.807) is 0 Å². The highest BCUT2D eigenvalue weighted by molar-refractivity contribution is 7.80. The van der Waals surface area contributed by atoms with E-state index in [1.807, 2.05) is 56.9 Å². The molecule has 0 aliphatic carbocycles. The predicted molar refractivity (Wildman–Crippen MR) is 124 cm³/mol. The van der Waals surface area contributed by atoms with Crippen LogP contribution in [0.25, 0.3) is 10.9 Å². The maximum absolute atomic E-state index is 12.7. The molecular formula is C23H27N3O2S. The second kappa shape index (κ2) is 8.76. The Morgan fingerprint density at radius 1 is 1.07 bits per heavy atom. The second-order valence-electron chi connectivity index (χ2n) is 7.51. The second-order valence-corrected chi connectivity index (χ2v) is 7.89. The molecule has 0 radical (unpaired) electrons. The smallest absolute Gasteiger partial charge is 0.253 e. The van der Waals surface area contributed by atoms with E-state index >= 15 is 0 Å². The van der Waals surface area contributed by atoms with Crippen molar-refractivity contribution >= 4 is 33.9 Å². The Morgan fingerprint density at radius 2 is 1.79 bits per heavy atom. The van der Waals surface area contributed by atoms with Gasteiger partial charge in [0, 0.05) is 23.2 Å². The summed E-state index contributed by atoms with van der Waals surface area (Å²) in [6, 6.07) is 12.1. The van der Waals surface area contributed by atoms with Gasteiger partial charge in [0.15, 0.2) is 5.11 Å². The van der Waals surface area contributed by atoms with Crippen molar-refractivity contribution in [2.45, 2.75) is 34.2 Å². The van der Waals surface area contributed by atoms with Crippen LogP contribution in [0.4, 0.5) is 5.69 Å². The lowest BCUT2D eigenvalue weighted by molar-refractivity contribution is 0.248. The minimum absolute atomic E-state index is 0.0572. The molecule has 0 aliphatic rings. The molecule has 1 aromatic heterocycles. The molecule has 0 aliphatic heterocycles. The molecule has 3 aromatic rings. The van der Waals surface area contributed by atoms with Gasteiger partial charge in [-0.25, -0.2) is 0 Å². The van der Waals surface area contributed by atoms with E-state index in [4.69, 9.17) is 12.2 Å². The van der Waals surface area contributed by atoms with Crippen LogP contribution in [0.2, 0.25) is 0 Å². The van der Waals surface area contributed by atoms with Crippen LogP contribution in [0, 0.1) is 27.7 Å². The van der Waals surface area contributed by atoms with Crippen molar-refractivity contribution in [2.24, 2.45) is 0 Å². The number of pyridine rings is 1. The molecule has 0 spiro atoms. The number of rotatable bonds is 5. The fourth-order valence-electron chi connectivity index (χ4n) is 3.46. The Kier molecular flexibility index (Phi) is 6.35. The lowest BCUT2D eigenvalue weighted by Crippen LogP contribution is -2.38. The molecule has 0 unspecified atom stereocenters. The number of aromatic nitrogens is 1. The normalized spacial score (nSPS) is 10.9. The van der Waals surface area contributed by atoms with Crippen LogP contribution >= 0.6 is 12.2 Å². The first kappa shape index (κ1) is 21.0. The molecule has 5 nitrogen and oxygen atoms in total. The Bertz CT molecular complexity index is 1120. The highest BCUT2D eigenvalue weighted by Gasteiger charge is 2.15. The van der Waals surface area contributed by atoms with Crippen LogP contribution in [0.5, 0.6) is 0 Å². The summed E-state index contributed by atoms with van der Waals surface area (Å²) in [6.45, 7) is 8.67. The number of hydrogen-bond acceptors (Lipinski definition) is 3. The number of hydrogen-bond donors (Lipinski definition) is 3. The molecule has 0 fully saturated rings. The number of anilines is 1. The van der Waals surface area contributed by atoms with Crippen molar-refractivity contribution in [2.75, 3.05) is 18.5 Å². The first-order valence-corrected chi connectivity index (χ1v) is 10.1. The zero-order chi connectivity index (χ0) is 21.1. The monoisotopic (exact) mass is 409 g/mol. The fourth-order valence-corrected chi connectivity index (χ4v) is 3.73. The van der Waals surface area contributed by atoms with E-state index in [9.17, 15) is 9.90 Å². The highest BCUT2D eigenvalue weighted by atomic mass is 32.1. The minimum Gasteiger partial charge on any atom is -0.395 e. The van der Waals surface area contributed by atoms with Crippen LogP contribution < -0.4 is 10.9 Å². The van der Waals surface area contributed by atoms with Gasteiger partial charge < -0.3 is 20.3 Å². The van der Waals surface area contributed by atoms with Gasteiger partial charge in [-0.15, -0.1) is 0 Å². The largest absolute Gasteiger partial charge is 0.395 e. The van der Waals surface area contributed by atoms with E-state index in [2.05, 4.69) is 22.4 Å². The average molecular weight is 410 g/mol. The number of H-pyrrole nitrogens is 1. The molecule has 0 bridgehead atoms. The number of aliphatic hydroxyl groups excluding tert-OH is 1. The molecule has 1 heterocycles. The third kappa shape index (κ3) is 4.66. The summed E-state index contributed by atoms with van der Waals surface area (Å²) < 4.78 is 0. The van der Waals surface area contributed by atoms with Crippen molar-refractivity contribution in [3.8, 4) is 0 Å². The molecule has 29 heavy (non-hydrogen) atoms. The number of nitrogens with zero attached hydrogens (tertiary/aromatic N) is 1. The first-order chi connectivity index (χ1) is 13.8. The summed E-state index contributed by atoms with van der Waals surface area (Å²) in [5.41, 5.74) is 6.67. The van der Waals surface area contributed by atoms with Gasteiger partial charge in [-0.2, -0.15) is 0 Å². The number of aliphatic hydroxyl groups is 1. The number of thiocarbonyl (C=S) groups is 1. The zero-order valence-electron chi connectivity index (χ0n) is 17.3. The van der Waals surface area contributed by atoms with Crippen LogP contribution in [0.3, 0.4) is 0 Å². The molecule has 3 rings (SSSR count). The number of fused-ring (bicyclic) bond motifs is 1. The molecule has 0 atom stereocenters. The summed E-state index contributed by atoms with van der Waals surface area (Å²) in [5, 5.41) is 14.3. The van der Waals surface area contributed by atoms with Gasteiger partial charge in [-0.1, -0.05) is 29.8 Å². The van der Waals surface area contributed by atoms with Crippen LogP contribution in [-0.4, -0.2) is 33.3 Å². The summed E-state index contributed by atoms with van der Waals surface area (Å²) in [4.78, 5) is 17.5. The standard InChI is InChI=1S/C23H27N3O2S/c1-14-5-8-20(17(4)11-14)24-23(29)26(9-10-27)13-18-12-19-15(2)6-7-16(3)21(19)25-22(18)28/h5-8,11-12,27H,9-10,13H2,1-4H3,(H,24,29)(H,25,28). The Balaban J connectivity index is 1.90. The molecule has 0 saturated heterocycles. The molecule has 152 valence electrons. The number of nitrogens with one attached hydrogen (secondary N) is 2. The van der Waals surface area contributed by atoms with E-state index in [0.29, 0.717) is 23.8 Å². The third-order valence-corrected chi connectivity index (χ3v) is 5.52. The predicted octanol–water partition coefficient (Wildman–Crippen LogP) is 3.95. The van der Waals surface area contributed by atoms with Gasteiger partial charge in [0.25, 0.3) is 5.56 Å². The van der Waals surface area contributed by atoms with Crippen molar-refractivity contribution < 1.29 is 5.11 Å². The molecule has 6 heteroatoms. The Morgan fingerprint density at radius 3 is 2.48 bits per heavy atom. The quantitative estimate of drug-likeness (QED) is 0.557. The van der Waals surface area contributed by atoms with E-state index in [-0.39, 0.29) is 12.2 Å². The Labute approximate surface area is 176 Å². The molecule has 0 saturated carbocycles. The van der Waals surface area contributed by atoms with Crippen molar-refractivity contribution in [1.82, 2.24) is 9.88 Å². The summed E-state index contributed by atoms with van der Waals surface area (Å²) in [7, 11) is 0. The van der Waals surface area contributed by atoms with Gasteiger partial charge in [-0.05, 0) is 68.7 Å². The van der Waals surface area contributed by atoms with Crippen molar-refractivity contribution in [3.05, 3.63) is 74.6 Å². The molecule has 3 N–H and O–H groups in total. The maximum atomic E-state index is 12.7. The first-order valence-electron chi connectivity index (χ1n) is 9.66. The molecule has 2 aromatic carbocycles. The maximum Gasteiger partial charge on any atom is 0.253 e. The van der Waals surface area contributed by atoms with Crippen LogP contribution in [0.1, 0.15) is 27.8 Å². The molecular weight excluding hydrogens is 382 g/mol. The summed E-state index contributed by atoms with van der Waals surface area (Å²) >= 11 is 5.59. The molecule has 0 amide bonds. The average Bonchev–Trinajstić information content (AvgIpc) is 2.67. The summed E-state index contributed by atoms with van der Waals surface area (Å²) in [5.74, 6) is 0. The van der Waals surface area contributed by atoms with E-state index < -0.39 is 0 Å². The van der Waals surface area contributed by atoms with Crippen LogP contribution in [0.15, 0.2) is 41.2 Å². The van der Waals surface area contributed by atoms with Gasteiger partial charge in [-0.3, -0.25) is 4.79 Å². The highest BCUT2D eigenvalue weighted by Crippen LogP contribution is 2.21. The van der Waals surface area contributed by atoms with Gasteiger partial charge in [0.1, 0.15) is 0 Å². The lowest BCUT2D eigenvalue weighted by Gasteiger charge is -2.25. The van der Waals surface area contributed by atoms with Crippen molar-refractivity contribution in [3.63, 3.8) is 0 Å². The zero-order valence-corrected chi connectivity index (χ0v) is 18.1. The summed E-state index contributed by atoms with van der Waals surface area (Å²) in [6.07, 6.45) is 0. The van der Waals surface area contributed by atoms with Gasteiger partial charge in [0.05, 0.1) is 18.7 Å². The van der Waals surface area contributed by atoms with E-state index in [1.165, 1.54) is 5.56 Å². The number of aromatic amines is 1. The number of aryl methyl sites for hydroxylation is 4. The lowest BCUT2D eigenvalue weighted by atomic mass is 10.0. The van der Waals surface area contributed by atoms with Crippen molar-refractivity contribution in [1.29, 1.82) is 0 Å². The Hall–Kier alpha value is -2.70.